The van der Waals surface area contributed by atoms with Crippen LogP contribution in [0.4, 0.5) is 0 Å². The lowest BCUT2D eigenvalue weighted by atomic mass is 10.4. The molecule has 0 aromatic rings. The molecule has 0 amide bonds. The van der Waals surface area contributed by atoms with Crippen LogP contribution < -0.4 is 0 Å². The molecular weight excluding hydrogens is 168 g/mol. The van der Waals surface area contributed by atoms with E-state index in [1.165, 1.54) is 0 Å². The molecule has 0 saturated heterocycles. The Bertz CT molecular complexity index is 222. The lowest BCUT2D eigenvalue weighted by molar-refractivity contribution is -0.136. The third-order valence-electron chi connectivity index (χ3n) is 1.12. The average molecular weight is 182 g/mol. The molecule has 0 aromatic carbocycles. The number of hydrogen-bond acceptors (Lipinski definition) is 3. The van der Waals surface area contributed by atoms with Gasteiger partial charge in [-0.05, 0) is 13.8 Å². The summed E-state index contributed by atoms with van der Waals surface area (Å²) in [6.07, 6.45) is 1.35. The molecule has 0 aliphatic carbocycles. The Labute approximate surface area is 78.7 Å². The number of carbonyl (C=O) groups excluding carboxylic acids is 1. The van der Waals surface area contributed by atoms with Gasteiger partial charge in [0, 0.05) is 5.92 Å². The van der Waals surface area contributed by atoms with Gasteiger partial charge in [0.15, 0.2) is 0 Å². The highest BCUT2D eigenvalue weighted by Gasteiger charge is 1.96. The van der Waals surface area contributed by atoms with Crippen molar-refractivity contribution in [1.82, 2.24) is 0 Å². The minimum atomic E-state index is -0.517. The van der Waals surface area contributed by atoms with Crippen LogP contribution in [0, 0.1) is 11.8 Å². The van der Waals surface area contributed by atoms with E-state index >= 15 is 0 Å². The number of carbonyl (C=O) groups is 1. The molecular formula is C10H14O3. The fourth-order valence-electron chi connectivity index (χ4n) is 0.582. The average Bonchev–Trinajstić information content (AvgIpc) is 2.12. The molecule has 0 radical (unpaired) electrons. The predicted octanol–water partition coefficient (Wildman–Crippen LogP) is 1.14. The van der Waals surface area contributed by atoms with Crippen LogP contribution >= 0.6 is 0 Å². The van der Waals surface area contributed by atoms with Gasteiger partial charge in [0.25, 0.3) is 0 Å². The van der Waals surface area contributed by atoms with Crippen LogP contribution in [0.5, 0.6) is 0 Å². The standard InChI is InChI=1S/C10H14O3/c1-4-8-13-9(3)6-7-10(11)12-5-2/h4,9H,1,5,8H2,2-3H3. The molecule has 0 bridgehead atoms. The quantitative estimate of drug-likeness (QED) is 0.283. The summed E-state index contributed by atoms with van der Waals surface area (Å²) in [4.78, 5) is 10.7. The third kappa shape index (κ3) is 7.10. The topological polar surface area (TPSA) is 35.5 Å². The molecule has 0 heterocycles. The maximum atomic E-state index is 10.7. The third-order valence-corrected chi connectivity index (χ3v) is 1.12. The molecule has 0 fully saturated rings. The maximum absolute atomic E-state index is 10.7. The highest BCUT2D eigenvalue weighted by atomic mass is 16.5. The van der Waals surface area contributed by atoms with Crippen molar-refractivity contribution in [3.05, 3.63) is 12.7 Å². The van der Waals surface area contributed by atoms with Crippen molar-refractivity contribution in [3.8, 4) is 11.8 Å². The van der Waals surface area contributed by atoms with Gasteiger partial charge in [-0.25, -0.2) is 4.79 Å². The summed E-state index contributed by atoms with van der Waals surface area (Å²) >= 11 is 0. The van der Waals surface area contributed by atoms with E-state index in [0.29, 0.717) is 13.2 Å². The molecule has 1 atom stereocenters. The zero-order chi connectivity index (χ0) is 10.1. The van der Waals surface area contributed by atoms with Gasteiger partial charge >= 0.3 is 5.97 Å². The van der Waals surface area contributed by atoms with Gasteiger partial charge < -0.3 is 9.47 Å². The van der Waals surface area contributed by atoms with Crippen LogP contribution in [0.1, 0.15) is 13.8 Å². The molecule has 0 rings (SSSR count). The van der Waals surface area contributed by atoms with Crippen LogP contribution in [-0.2, 0) is 14.3 Å². The van der Waals surface area contributed by atoms with E-state index in [1.807, 2.05) is 0 Å². The van der Waals surface area contributed by atoms with E-state index in [1.54, 1.807) is 19.9 Å². The highest BCUT2D eigenvalue weighted by molar-refractivity contribution is 5.88. The van der Waals surface area contributed by atoms with Crippen LogP contribution in [0.25, 0.3) is 0 Å². The van der Waals surface area contributed by atoms with Gasteiger partial charge in [-0.15, -0.1) is 6.58 Å². The molecule has 72 valence electrons. The highest BCUT2D eigenvalue weighted by Crippen LogP contribution is 1.87. The molecule has 0 N–H and O–H groups in total. The van der Waals surface area contributed by atoms with Crippen molar-refractivity contribution in [2.45, 2.75) is 20.0 Å². The van der Waals surface area contributed by atoms with Crippen molar-refractivity contribution >= 4 is 5.97 Å². The molecule has 0 aliphatic rings. The molecule has 1 unspecified atom stereocenters. The van der Waals surface area contributed by atoms with E-state index in [-0.39, 0.29) is 6.10 Å². The zero-order valence-electron chi connectivity index (χ0n) is 8.00. The first kappa shape index (κ1) is 11.7. The van der Waals surface area contributed by atoms with Crippen molar-refractivity contribution in [2.24, 2.45) is 0 Å². The van der Waals surface area contributed by atoms with E-state index in [2.05, 4.69) is 23.2 Å². The summed E-state index contributed by atoms with van der Waals surface area (Å²) in [5.74, 6) is 4.41. The number of rotatable bonds is 4. The molecule has 0 saturated carbocycles. The normalized spacial score (nSPS) is 10.9. The van der Waals surface area contributed by atoms with Crippen molar-refractivity contribution in [1.29, 1.82) is 0 Å². The maximum Gasteiger partial charge on any atom is 0.384 e. The van der Waals surface area contributed by atoms with Gasteiger partial charge in [0.2, 0.25) is 0 Å². The smallest absolute Gasteiger partial charge is 0.384 e. The first-order valence-corrected chi connectivity index (χ1v) is 4.11. The van der Waals surface area contributed by atoms with E-state index in [9.17, 15) is 4.79 Å². The number of hydrogen-bond donors (Lipinski definition) is 0. The Balaban J connectivity index is 3.79. The second kappa shape index (κ2) is 7.38. The first-order chi connectivity index (χ1) is 6.20. The van der Waals surface area contributed by atoms with Crippen LogP contribution in [0.15, 0.2) is 12.7 Å². The van der Waals surface area contributed by atoms with Crippen molar-refractivity contribution < 1.29 is 14.3 Å². The van der Waals surface area contributed by atoms with Gasteiger partial charge in [-0.1, -0.05) is 12.0 Å². The Hall–Kier alpha value is -1.27. The second-order valence-corrected chi connectivity index (χ2v) is 2.25. The molecule has 3 heteroatoms. The summed E-state index contributed by atoms with van der Waals surface area (Å²) in [5.41, 5.74) is 0. The van der Waals surface area contributed by atoms with Crippen molar-refractivity contribution in [3.63, 3.8) is 0 Å². The number of esters is 1. The van der Waals surface area contributed by atoms with Gasteiger partial charge in [0.05, 0.1) is 13.2 Å². The molecule has 0 spiro atoms. The summed E-state index contributed by atoms with van der Waals surface area (Å²) in [5, 5.41) is 0. The molecule has 13 heavy (non-hydrogen) atoms. The summed E-state index contributed by atoms with van der Waals surface area (Å²) in [7, 11) is 0. The minimum absolute atomic E-state index is 0.276. The van der Waals surface area contributed by atoms with Gasteiger partial charge in [-0.3, -0.25) is 0 Å². The monoisotopic (exact) mass is 182 g/mol. The van der Waals surface area contributed by atoms with E-state index in [0.717, 1.165) is 0 Å². The zero-order valence-corrected chi connectivity index (χ0v) is 8.00. The van der Waals surface area contributed by atoms with Crippen LogP contribution in [0.3, 0.4) is 0 Å². The largest absolute Gasteiger partial charge is 0.456 e. The lowest BCUT2D eigenvalue weighted by Crippen LogP contribution is -2.07. The fourth-order valence-corrected chi connectivity index (χ4v) is 0.582. The molecule has 3 nitrogen and oxygen atoms in total. The second-order valence-electron chi connectivity index (χ2n) is 2.25. The first-order valence-electron chi connectivity index (χ1n) is 4.11. The Morgan fingerprint density at radius 1 is 1.69 bits per heavy atom. The van der Waals surface area contributed by atoms with Gasteiger partial charge in [-0.2, -0.15) is 0 Å². The fraction of sp³-hybridized carbons (Fsp3) is 0.500. The van der Waals surface area contributed by atoms with Gasteiger partial charge in [0.1, 0.15) is 6.10 Å². The molecule has 0 aliphatic heterocycles. The Morgan fingerprint density at radius 3 is 2.92 bits per heavy atom. The summed E-state index contributed by atoms with van der Waals surface area (Å²) < 4.78 is 9.73. The summed E-state index contributed by atoms with van der Waals surface area (Å²) in [6, 6.07) is 0. The summed E-state index contributed by atoms with van der Waals surface area (Å²) in [6.45, 7) is 7.76. The van der Waals surface area contributed by atoms with Crippen molar-refractivity contribution in [2.75, 3.05) is 13.2 Å². The SMILES string of the molecule is C=CCOC(C)C#CC(=O)OCC. The lowest BCUT2D eigenvalue weighted by Gasteiger charge is -2.01. The predicted molar refractivity (Wildman–Crippen MR) is 50.0 cm³/mol. The van der Waals surface area contributed by atoms with E-state index < -0.39 is 5.97 Å². The van der Waals surface area contributed by atoms with Crippen LogP contribution in [-0.4, -0.2) is 25.3 Å². The van der Waals surface area contributed by atoms with E-state index in [4.69, 9.17) is 4.74 Å². The Kier molecular flexibility index (Phi) is 6.66. The number of ether oxygens (including phenoxy) is 2. The minimum Gasteiger partial charge on any atom is -0.456 e. The molecule has 0 aromatic heterocycles. The van der Waals surface area contributed by atoms with Crippen LogP contribution in [0.2, 0.25) is 0 Å². The Morgan fingerprint density at radius 2 is 2.38 bits per heavy atom.